The van der Waals surface area contributed by atoms with E-state index in [0.29, 0.717) is 23.4 Å². The van der Waals surface area contributed by atoms with E-state index < -0.39 is 24.6 Å². The lowest BCUT2D eigenvalue weighted by molar-refractivity contribution is -0.287. The van der Waals surface area contributed by atoms with Crippen LogP contribution in [0.5, 0.6) is 5.75 Å². The molecule has 0 aliphatic carbocycles. The smallest absolute Gasteiger partial charge is 0.454 e. The fourth-order valence-corrected chi connectivity index (χ4v) is 3.75. The summed E-state index contributed by atoms with van der Waals surface area (Å²) in [6, 6.07) is 8.09. The molecule has 1 N–H and O–H groups in total. The number of nitrogens with zero attached hydrogens (tertiary/aromatic N) is 4. The van der Waals surface area contributed by atoms with Crippen LogP contribution in [0.1, 0.15) is 27.3 Å². The number of nitriles is 1. The molecule has 1 atom stereocenters. The van der Waals surface area contributed by atoms with Crippen LogP contribution in [0.3, 0.4) is 0 Å². The molecule has 2 aliphatic heterocycles. The van der Waals surface area contributed by atoms with E-state index >= 15 is 0 Å². The Morgan fingerprint density at radius 1 is 1.25 bits per heavy atom. The van der Waals surface area contributed by atoms with Crippen LogP contribution in [0.4, 0.5) is 22.0 Å². The Morgan fingerprint density at radius 3 is 2.75 bits per heavy atom. The lowest BCUT2D eigenvalue weighted by Crippen LogP contribution is -2.48. The molecule has 3 heterocycles. The van der Waals surface area contributed by atoms with E-state index in [1.807, 2.05) is 6.07 Å². The standard InChI is InChI=1S/C20H18F5N5O2/c21-19(22,20(23,24)25)11-29-3-4-30-15(9-29)7-16(28-30)18(31)27-14-6-13-5-12(8-26)1-2-17(13)32-10-14/h1-2,5,7,14H,3-4,6,9-11H2,(H,27,31)/t14-/m1/s1. The summed E-state index contributed by atoms with van der Waals surface area (Å²) in [5, 5.41) is 16.0. The summed E-state index contributed by atoms with van der Waals surface area (Å²) >= 11 is 0. The summed E-state index contributed by atoms with van der Waals surface area (Å²) < 4.78 is 71.2. The number of alkyl halides is 5. The minimum atomic E-state index is -5.62. The van der Waals surface area contributed by atoms with Crippen LogP contribution in [-0.4, -0.2) is 58.4 Å². The number of fused-ring (bicyclic) bond motifs is 2. The third-order valence-corrected chi connectivity index (χ3v) is 5.38. The monoisotopic (exact) mass is 455 g/mol. The van der Waals surface area contributed by atoms with Crippen LogP contribution in [0.15, 0.2) is 24.3 Å². The van der Waals surface area contributed by atoms with E-state index in [4.69, 9.17) is 10.00 Å². The largest absolute Gasteiger partial charge is 0.491 e. The first kappa shape index (κ1) is 22.0. The topological polar surface area (TPSA) is 83.2 Å². The van der Waals surface area contributed by atoms with Gasteiger partial charge in [-0.3, -0.25) is 14.4 Å². The molecule has 170 valence electrons. The molecular weight excluding hydrogens is 437 g/mol. The Kier molecular flexibility index (Phi) is 5.54. The molecule has 0 saturated carbocycles. The van der Waals surface area contributed by atoms with Crippen LogP contribution in [-0.2, 0) is 19.5 Å². The van der Waals surface area contributed by atoms with Crippen LogP contribution < -0.4 is 10.1 Å². The van der Waals surface area contributed by atoms with Gasteiger partial charge in [0.1, 0.15) is 12.4 Å². The maximum absolute atomic E-state index is 13.4. The van der Waals surface area contributed by atoms with E-state index in [1.54, 1.807) is 18.2 Å². The number of hydrogen-bond donors (Lipinski definition) is 1. The molecule has 0 unspecified atom stereocenters. The maximum Gasteiger partial charge on any atom is 0.454 e. The van der Waals surface area contributed by atoms with E-state index in [0.717, 1.165) is 10.5 Å². The molecule has 0 fully saturated rings. The van der Waals surface area contributed by atoms with Gasteiger partial charge in [-0.15, -0.1) is 0 Å². The highest BCUT2D eigenvalue weighted by atomic mass is 19.4. The summed E-state index contributed by atoms with van der Waals surface area (Å²) in [7, 11) is 0. The van der Waals surface area contributed by atoms with Crippen molar-refractivity contribution in [2.75, 3.05) is 19.7 Å². The van der Waals surface area contributed by atoms with Gasteiger partial charge in [0.25, 0.3) is 5.91 Å². The summed E-state index contributed by atoms with van der Waals surface area (Å²) in [6.45, 7) is -1.36. The third-order valence-electron chi connectivity index (χ3n) is 5.38. The Hall–Kier alpha value is -3.20. The van der Waals surface area contributed by atoms with Gasteiger partial charge >= 0.3 is 12.1 Å². The van der Waals surface area contributed by atoms with Gasteiger partial charge in [0, 0.05) is 13.1 Å². The average Bonchev–Trinajstić information content (AvgIpc) is 3.15. The number of aromatic nitrogens is 2. The number of amides is 1. The van der Waals surface area contributed by atoms with Crippen molar-refractivity contribution in [3.05, 3.63) is 46.8 Å². The molecule has 1 aromatic carbocycles. The SMILES string of the molecule is N#Cc1ccc2c(c1)C[C@@H](NC(=O)c1cc3n(n1)CCN(CC(F)(F)C(F)(F)F)C3)CO2. The predicted molar refractivity (Wildman–Crippen MR) is 100 cm³/mol. The van der Waals surface area contributed by atoms with E-state index in [9.17, 15) is 26.7 Å². The quantitative estimate of drug-likeness (QED) is 0.717. The number of rotatable bonds is 4. The number of ether oxygens (including phenoxy) is 1. The number of benzene rings is 1. The van der Waals surface area contributed by atoms with E-state index in [-0.39, 0.29) is 38.0 Å². The fourth-order valence-electron chi connectivity index (χ4n) is 3.75. The molecule has 1 amide bonds. The maximum atomic E-state index is 13.4. The molecule has 0 saturated heterocycles. The van der Waals surface area contributed by atoms with Crippen molar-refractivity contribution in [1.82, 2.24) is 20.0 Å². The second kappa shape index (κ2) is 8.05. The lowest BCUT2D eigenvalue weighted by Gasteiger charge is -2.31. The van der Waals surface area contributed by atoms with Gasteiger partial charge in [0.15, 0.2) is 5.69 Å². The second-order valence-corrected chi connectivity index (χ2v) is 7.78. The number of carbonyl (C=O) groups is 1. The zero-order valence-electron chi connectivity index (χ0n) is 16.6. The zero-order chi connectivity index (χ0) is 23.1. The molecule has 4 rings (SSSR count). The first-order valence-corrected chi connectivity index (χ1v) is 9.76. The molecule has 0 bridgehead atoms. The Labute approximate surface area is 179 Å². The number of halogens is 5. The van der Waals surface area contributed by atoms with Gasteiger partial charge in [-0.2, -0.15) is 32.3 Å². The van der Waals surface area contributed by atoms with Crippen molar-refractivity contribution >= 4 is 5.91 Å². The highest BCUT2D eigenvalue weighted by Crippen LogP contribution is 2.36. The minimum absolute atomic E-state index is 0.0426. The third kappa shape index (κ3) is 4.38. The highest BCUT2D eigenvalue weighted by Gasteiger charge is 2.58. The molecule has 12 heteroatoms. The second-order valence-electron chi connectivity index (χ2n) is 7.78. The van der Waals surface area contributed by atoms with Crippen LogP contribution in [0.25, 0.3) is 0 Å². The summed E-state index contributed by atoms with van der Waals surface area (Å²) in [5.74, 6) is -4.69. The number of hydrogen-bond acceptors (Lipinski definition) is 5. The molecule has 0 spiro atoms. The Balaban J connectivity index is 1.40. The van der Waals surface area contributed by atoms with Crippen molar-refractivity contribution in [2.24, 2.45) is 0 Å². The Bertz CT molecular complexity index is 1080. The van der Waals surface area contributed by atoms with Crippen molar-refractivity contribution in [3.8, 4) is 11.8 Å². The molecular formula is C20H18F5N5O2. The van der Waals surface area contributed by atoms with Crippen molar-refractivity contribution < 1.29 is 31.5 Å². The molecule has 0 radical (unpaired) electrons. The van der Waals surface area contributed by atoms with Gasteiger partial charge in [-0.05, 0) is 36.2 Å². The number of nitrogens with one attached hydrogen (secondary N) is 1. The van der Waals surface area contributed by atoms with E-state index in [2.05, 4.69) is 10.4 Å². The van der Waals surface area contributed by atoms with Crippen molar-refractivity contribution in [1.29, 1.82) is 5.26 Å². The van der Waals surface area contributed by atoms with Gasteiger partial charge in [0.2, 0.25) is 0 Å². The normalized spacial score (nSPS) is 18.8. The first-order chi connectivity index (χ1) is 15.1. The summed E-state index contributed by atoms with van der Waals surface area (Å²) in [4.78, 5) is 13.6. The molecule has 7 nitrogen and oxygen atoms in total. The molecule has 2 aromatic rings. The molecule has 32 heavy (non-hydrogen) atoms. The number of carbonyl (C=O) groups excluding carboxylic acids is 1. The van der Waals surface area contributed by atoms with Gasteiger partial charge in [-0.25, -0.2) is 0 Å². The average molecular weight is 455 g/mol. The van der Waals surface area contributed by atoms with Gasteiger partial charge < -0.3 is 10.1 Å². The predicted octanol–water partition coefficient (Wildman–Crippen LogP) is 2.50. The fraction of sp³-hybridized carbons (Fsp3) is 0.450. The van der Waals surface area contributed by atoms with Crippen molar-refractivity contribution in [3.63, 3.8) is 0 Å². The minimum Gasteiger partial charge on any atom is -0.491 e. The lowest BCUT2D eigenvalue weighted by atomic mass is 10.0. The van der Waals surface area contributed by atoms with Gasteiger partial charge in [0.05, 0.1) is 36.5 Å². The van der Waals surface area contributed by atoms with Crippen LogP contribution >= 0.6 is 0 Å². The molecule has 2 aliphatic rings. The summed E-state index contributed by atoms with van der Waals surface area (Å²) in [6.07, 6.45) is -5.17. The molecule has 1 aromatic heterocycles. The van der Waals surface area contributed by atoms with Crippen LogP contribution in [0.2, 0.25) is 0 Å². The Morgan fingerprint density at radius 2 is 2.03 bits per heavy atom. The summed E-state index contributed by atoms with van der Waals surface area (Å²) in [5.41, 5.74) is 1.68. The van der Waals surface area contributed by atoms with E-state index in [1.165, 1.54) is 10.7 Å². The van der Waals surface area contributed by atoms with Crippen molar-refractivity contribution in [2.45, 2.75) is 37.7 Å². The van der Waals surface area contributed by atoms with Crippen LogP contribution in [0, 0.1) is 11.3 Å². The first-order valence-electron chi connectivity index (χ1n) is 9.76. The van der Waals surface area contributed by atoms with Gasteiger partial charge in [-0.1, -0.05) is 0 Å². The highest BCUT2D eigenvalue weighted by molar-refractivity contribution is 5.92. The zero-order valence-corrected chi connectivity index (χ0v) is 16.6.